The summed E-state index contributed by atoms with van der Waals surface area (Å²) in [6, 6.07) is 28.2. The van der Waals surface area contributed by atoms with E-state index in [9.17, 15) is 8.42 Å². The molecular weight excluding hydrogens is 746 g/mol. The van der Waals surface area contributed by atoms with E-state index in [1.807, 2.05) is 74.5 Å². The second kappa shape index (κ2) is 13.6. The molecule has 0 aliphatic rings. The first-order valence-corrected chi connectivity index (χ1v) is 18.1. The van der Waals surface area contributed by atoms with E-state index in [1.165, 1.54) is 24.3 Å². The summed E-state index contributed by atoms with van der Waals surface area (Å²) in [4.78, 5) is 9.00. The number of benzene rings is 4. The molecule has 2 aromatic heterocycles. The Labute approximate surface area is 289 Å². The van der Waals surface area contributed by atoms with Gasteiger partial charge in [0, 0.05) is 54.7 Å². The van der Waals surface area contributed by atoms with Crippen molar-refractivity contribution in [2.24, 2.45) is 0 Å². The van der Waals surface area contributed by atoms with Crippen LogP contribution in [0.5, 0.6) is 0 Å². The Morgan fingerprint density at radius 1 is 0.574 bits per heavy atom. The highest BCUT2D eigenvalue weighted by Crippen LogP contribution is 2.35. The first-order chi connectivity index (χ1) is 22.5. The molecule has 0 bridgehead atoms. The SMILES string of the molecule is Cc1ccc(-c2cccnc2-c2ccc(CS(=O)(=O)Cc3ccc(-c4ncccc4-c4ccc(C)c(Br)c4)cc3F)c(F)c2)cc1Br. The van der Waals surface area contributed by atoms with Gasteiger partial charge in [0.05, 0.1) is 22.9 Å². The van der Waals surface area contributed by atoms with Gasteiger partial charge in [-0.1, -0.05) is 92.5 Å². The third-order valence-electron chi connectivity index (χ3n) is 7.98. The zero-order valence-corrected chi connectivity index (χ0v) is 29.4. The second-order valence-corrected chi connectivity index (χ2v) is 15.1. The highest BCUT2D eigenvalue weighted by atomic mass is 79.9. The Bertz CT molecular complexity index is 2110. The summed E-state index contributed by atoms with van der Waals surface area (Å²) in [6.45, 7) is 3.99. The number of sulfone groups is 1. The van der Waals surface area contributed by atoms with Crippen LogP contribution in [0.1, 0.15) is 22.3 Å². The van der Waals surface area contributed by atoms with Gasteiger partial charge in [-0.2, -0.15) is 0 Å². The second-order valence-electron chi connectivity index (χ2n) is 11.4. The molecule has 6 rings (SSSR count). The lowest BCUT2D eigenvalue weighted by Gasteiger charge is -2.13. The van der Waals surface area contributed by atoms with Crippen molar-refractivity contribution in [1.29, 1.82) is 0 Å². The van der Waals surface area contributed by atoms with Crippen molar-refractivity contribution in [3.05, 3.63) is 152 Å². The average Bonchev–Trinajstić information content (AvgIpc) is 3.05. The van der Waals surface area contributed by atoms with Crippen molar-refractivity contribution in [3.63, 3.8) is 0 Å². The maximum absolute atomic E-state index is 15.4. The molecule has 2 heterocycles. The normalized spacial score (nSPS) is 11.5. The van der Waals surface area contributed by atoms with Gasteiger partial charge >= 0.3 is 0 Å². The minimum Gasteiger partial charge on any atom is -0.256 e. The Morgan fingerprint density at radius 3 is 1.36 bits per heavy atom. The number of hydrogen-bond donors (Lipinski definition) is 0. The lowest BCUT2D eigenvalue weighted by molar-refractivity contribution is 0.581. The van der Waals surface area contributed by atoms with Gasteiger partial charge < -0.3 is 0 Å². The maximum Gasteiger partial charge on any atom is 0.158 e. The molecule has 47 heavy (non-hydrogen) atoms. The lowest BCUT2D eigenvalue weighted by atomic mass is 9.98. The van der Waals surface area contributed by atoms with Gasteiger partial charge in [0.15, 0.2) is 9.84 Å². The van der Waals surface area contributed by atoms with Crippen LogP contribution < -0.4 is 0 Å². The molecular formula is C38H28Br2F2N2O2S. The molecule has 0 atom stereocenters. The molecule has 0 unspecified atom stereocenters. The van der Waals surface area contributed by atoms with Gasteiger partial charge in [-0.05, 0) is 72.5 Å². The number of hydrogen-bond acceptors (Lipinski definition) is 4. The molecule has 0 radical (unpaired) electrons. The number of rotatable bonds is 8. The number of aryl methyl sites for hydroxylation is 2. The molecule has 9 heteroatoms. The van der Waals surface area contributed by atoms with Gasteiger partial charge in [0.1, 0.15) is 11.6 Å². The molecule has 0 saturated heterocycles. The summed E-state index contributed by atoms with van der Waals surface area (Å²) in [7, 11) is -3.93. The van der Waals surface area contributed by atoms with Crippen molar-refractivity contribution >= 4 is 41.7 Å². The molecule has 0 aliphatic heterocycles. The predicted molar refractivity (Wildman–Crippen MR) is 191 cm³/mol. The molecule has 0 fully saturated rings. The zero-order chi connectivity index (χ0) is 33.3. The van der Waals surface area contributed by atoms with Crippen molar-refractivity contribution in [2.75, 3.05) is 0 Å². The first-order valence-electron chi connectivity index (χ1n) is 14.7. The predicted octanol–water partition coefficient (Wildman–Crippen LogP) is 10.7. The van der Waals surface area contributed by atoms with Crippen LogP contribution in [0.15, 0.2) is 118 Å². The van der Waals surface area contributed by atoms with Crippen LogP contribution in [0, 0.1) is 25.5 Å². The van der Waals surface area contributed by atoms with E-state index in [0.717, 1.165) is 42.3 Å². The molecule has 4 nitrogen and oxygen atoms in total. The minimum absolute atomic E-state index is 0.00345. The summed E-state index contributed by atoms with van der Waals surface area (Å²) >= 11 is 7.13. The monoisotopic (exact) mass is 772 g/mol. The third-order valence-corrected chi connectivity index (χ3v) is 11.2. The molecule has 236 valence electrons. The van der Waals surface area contributed by atoms with Crippen molar-refractivity contribution in [1.82, 2.24) is 9.97 Å². The number of aromatic nitrogens is 2. The van der Waals surface area contributed by atoms with E-state index in [0.29, 0.717) is 22.5 Å². The molecule has 0 saturated carbocycles. The zero-order valence-electron chi connectivity index (χ0n) is 25.4. The van der Waals surface area contributed by atoms with Gasteiger partial charge in [0.25, 0.3) is 0 Å². The summed E-state index contributed by atoms with van der Waals surface area (Å²) in [6.07, 6.45) is 3.27. The molecule has 4 aromatic carbocycles. The average molecular weight is 775 g/mol. The van der Waals surface area contributed by atoms with Gasteiger partial charge in [-0.15, -0.1) is 0 Å². The standard InChI is InChI=1S/C38H28Br2F2N2O2S/c1-23-7-9-25(17-33(23)39)31-5-3-15-43-37(31)27-11-13-29(35(41)19-27)21-47(45,46)22-30-14-12-28(20-36(30)42)38-32(6-4-16-44-38)26-10-8-24(2)34(40)18-26/h3-20H,21-22H2,1-2H3. The first kappa shape index (κ1) is 32.9. The van der Waals surface area contributed by atoms with Crippen molar-refractivity contribution in [2.45, 2.75) is 25.4 Å². The van der Waals surface area contributed by atoms with E-state index in [1.54, 1.807) is 24.5 Å². The quantitative estimate of drug-likeness (QED) is 0.155. The topological polar surface area (TPSA) is 59.9 Å². The highest BCUT2D eigenvalue weighted by molar-refractivity contribution is 9.10. The van der Waals surface area contributed by atoms with Crippen LogP contribution in [-0.4, -0.2) is 18.4 Å². The smallest absolute Gasteiger partial charge is 0.158 e. The number of nitrogens with zero attached hydrogens (tertiary/aromatic N) is 2. The molecule has 6 aromatic rings. The highest BCUT2D eigenvalue weighted by Gasteiger charge is 2.21. The fourth-order valence-corrected chi connectivity index (χ4v) is 7.68. The lowest BCUT2D eigenvalue weighted by Crippen LogP contribution is -2.10. The largest absolute Gasteiger partial charge is 0.256 e. The van der Waals surface area contributed by atoms with E-state index in [-0.39, 0.29) is 11.1 Å². The maximum atomic E-state index is 15.4. The Hall–Kier alpha value is -4.05. The fourth-order valence-electron chi connectivity index (χ4n) is 5.41. The van der Waals surface area contributed by atoms with Crippen LogP contribution in [0.25, 0.3) is 44.8 Å². The number of pyridine rings is 2. The molecule has 0 spiro atoms. The van der Waals surface area contributed by atoms with Gasteiger partial charge in [-0.25, -0.2) is 17.2 Å². The molecule has 0 amide bonds. The summed E-state index contributed by atoms with van der Waals surface area (Å²) < 4.78 is 59.2. The van der Waals surface area contributed by atoms with Crippen molar-refractivity contribution < 1.29 is 17.2 Å². The van der Waals surface area contributed by atoms with Crippen LogP contribution in [-0.2, 0) is 21.3 Å². The molecule has 0 aliphatic carbocycles. The van der Waals surface area contributed by atoms with E-state index in [2.05, 4.69) is 41.8 Å². The summed E-state index contributed by atoms with van der Waals surface area (Å²) in [5.41, 5.74) is 7.81. The van der Waals surface area contributed by atoms with E-state index < -0.39 is 33.0 Å². The Morgan fingerprint density at radius 2 is 0.979 bits per heavy atom. The van der Waals surface area contributed by atoms with Crippen LogP contribution in [0.2, 0.25) is 0 Å². The van der Waals surface area contributed by atoms with E-state index >= 15 is 8.78 Å². The minimum atomic E-state index is -3.93. The Balaban J connectivity index is 1.23. The number of halogens is 4. The third kappa shape index (κ3) is 7.27. The summed E-state index contributed by atoms with van der Waals surface area (Å²) in [5.74, 6) is -2.50. The van der Waals surface area contributed by atoms with Crippen molar-refractivity contribution in [3.8, 4) is 44.8 Å². The summed E-state index contributed by atoms with van der Waals surface area (Å²) in [5, 5.41) is 0. The fraction of sp³-hybridized carbons (Fsp3) is 0.105. The Kier molecular flexibility index (Phi) is 9.50. The van der Waals surface area contributed by atoms with Crippen LogP contribution >= 0.6 is 31.9 Å². The van der Waals surface area contributed by atoms with E-state index in [4.69, 9.17) is 0 Å². The van der Waals surface area contributed by atoms with Crippen LogP contribution in [0.3, 0.4) is 0 Å². The van der Waals surface area contributed by atoms with Crippen LogP contribution in [0.4, 0.5) is 8.78 Å². The van der Waals surface area contributed by atoms with Gasteiger partial charge in [0.2, 0.25) is 0 Å². The van der Waals surface area contributed by atoms with Gasteiger partial charge in [-0.3, -0.25) is 9.97 Å². The molecule has 0 N–H and O–H groups in total.